The van der Waals surface area contributed by atoms with Crippen LogP contribution in [0, 0.1) is 6.92 Å². The molecule has 41 heavy (non-hydrogen) atoms. The molecule has 1 aliphatic rings. The lowest BCUT2D eigenvalue weighted by molar-refractivity contribution is 0.0499. The van der Waals surface area contributed by atoms with Crippen molar-refractivity contribution in [1.82, 2.24) is 0 Å². The molecule has 5 rings (SSSR count). The van der Waals surface area contributed by atoms with Crippen LogP contribution < -0.4 is 15.1 Å². The number of fused-ring (bicyclic) bond motifs is 2. The average Bonchev–Trinajstić information content (AvgIpc) is 3.28. The van der Waals surface area contributed by atoms with Crippen LogP contribution in [0.5, 0.6) is 5.75 Å². The molecule has 212 valence electrons. The molecule has 7 nitrogen and oxygen atoms in total. The monoisotopic (exact) mass is 553 g/mol. The first-order valence-electron chi connectivity index (χ1n) is 14.3. The largest absolute Gasteiger partial charge is 0.494 e. The standard InChI is InChI=1S/C34H35NO6/c1-4-6-8-19-39-26-11-9-10-24(21-26)30-29-31(36)27-20-22(3)12-17-28(27)41-32(29)33(37)35(30)25-15-13-23(14-16-25)34(38)40-18-7-5-2/h9-17,20-21,30H,4-8,18-19H2,1-3H3. The van der Waals surface area contributed by atoms with Crippen molar-refractivity contribution in [3.8, 4) is 5.75 Å². The fourth-order valence-electron chi connectivity index (χ4n) is 5.14. The van der Waals surface area contributed by atoms with E-state index in [2.05, 4.69) is 6.92 Å². The Kier molecular flexibility index (Phi) is 8.53. The Balaban J connectivity index is 1.58. The fraction of sp³-hybridized carbons (Fsp3) is 0.324. The summed E-state index contributed by atoms with van der Waals surface area (Å²) in [6.45, 7) is 7.03. The van der Waals surface area contributed by atoms with Crippen molar-refractivity contribution in [3.05, 3.63) is 105 Å². The van der Waals surface area contributed by atoms with Crippen LogP contribution in [0.4, 0.5) is 5.69 Å². The fourth-order valence-corrected chi connectivity index (χ4v) is 5.14. The number of unbranched alkanes of at least 4 members (excludes halogenated alkanes) is 3. The number of hydrogen-bond donors (Lipinski definition) is 0. The highest BCUT2D eigenvalue weighted by molar-refractivity contribution is 6.10. The van der Waals surface area contributed by atoms with Gasteiger partial charge in [-0.15, -0.1) is 0 Å². The summed E-state index contributed by atoms with van der Waals surface area (Å²) >= 11 is 0. The van der Waals surface area contributed by atoms with E-state index >= 15 is 0 Å². The van der Waals surface area contributed by atoms with E-state index in [0.29, 0.717) is 46.7 Å². The van der Waals surface area contributed by atoms with Gasteiger partial charge in [0, 0.05) is 5.69 Å². The van der Waals surface area contributed by atoms with E-state index in [1.807, 2.05) is 44.2 Å². The van der Waals surface area contributed by atoms with Crippen molar-refractivity contribution >= 4 is 28.5 Å². The summed E-state index contributed by atoms with van der Waals surface area (Å²) in [5.74, 6) is -0.139. The van der Waals surface area contributed by atoms with Crippen LogP contribution in [-0.4, -0.2) is 25.1 Å². The van der Waals surface area contributed by atoms with Crippen LogP contribution in [0.15, 0.2) is 75.9 Å². The third-order valence-electron chi connectivity index (χ3n) is 7.33. The molecule has 4 aromatic rings. The maximum Gasteiger partial charge on any atom is 0.338 e. The first-order chi connectivity index (χ1) is 19.9. The third kappa shape index (κ3) is 5.75. The van der Waals surface area contributed by atoms with Gasteiger partial charge in [0.1, 0.15) is 11.3 Å². The first-order valence-corrected chi connectivity index (χ1v) is 14.3. The highest BCUT2D eigenvalue weighted by Crippen LogP contribution is 2.42. The average molecular weight is 554 g/mol. The Bertz CT molecular complexity index is 1620. The highest BCUT2D eigenvalue weighted by Gasteiger charge is 2.43. The van der Waals surface area contributed by atoms with E-state index in [1.54, 1.807) is 41.3 Å². The van der Waals surface area contributed by atoms with Crippen molar-refractivity contribution in [2.24, 2.45) is 0 Å². The van der Waals surface area contributed by atoms with E-state index in [4.69, 9.17) is 13.9 Å². The van der Waals surface area contributed by atoms with Gasteiger partial charge in [-0.3, -0.25) is 14.5 Å². The molecule has 0 radical (unpaired) electrons. The van der Waals surface area contributed by atoms with Crippen LogP contribution in [0.1, 0.15) is 89.6 Å². The summed E-state index contributed by atoms with van der Waals surface area (Å²) in [6.07, 6.45) is 4.84. The number of benzene rings is 3. The number of rotatable bonds is 11. The predicted molar refractivity (Wildman–Crippen MR) is 159 cm³/mol. The molecule has 1 atom stereocenters. The van der Waals surface area contributed by atoms with Gasteiger partial charge in [-0.2, -0.15) is 0 Å². The van der Waals surface area contributed by atoms with E-state index in [0.717, 1.165) is 43.2 Å². The summed E-state index contributed by atoms with van der Waals surface area (Å²) in [6, 6.07) is 18.8. The Morgan fingerprint density at radius 1 is 0.902 bits per heavy atom. The number of carbonyl (C=O) groups excluding carboxylic acids is 2. The second-order valence-electron chi connectivity index (χ2n) is 10.4. The molecule has 1 amide bonds. The maximum absolute atomic E-state index is 13.9. The van der Waals surface area contributed by atoms with Gasteiger partial charge >= 0.3 is 5.97 Å². The number of esters is 1. The molecular formula is C34H35NO6. The molecule has 0 aliphatic carbocycles. The number of amides is 1. The molecular weight excluding hydrogens is 518 g/mol. The maximum atomic E-state index is 13.9. The number of anilines is 1. The van der Waals surface area contributed by atoms with E-state index in [1.165, 1.54) is 0 Å². The van der Waals surface area contributed by atoms with Gasteiger partial charge in [0.15, 0.2) is 5.43 Å². The molecule has 0 saturated carbocycles. The number of aryl methyl sites for hydroxylation is 1. The van der Waals surface area contributed by atoms with E-state index < -0.39 is 17.9 Å². The van der Waals surface area contributed by atoms with Crippen LogP contribution in [0.2, 0.25) is 0 Å². The highest BCUT2D eigenvalue weighted by atomic mass is 16.5. The van der Waals surface area contributed by atoms with Crippen molar-refractivity contribution in [2.45, 2.75) is 58.9 Å². The third-order valence-corrected chi connectivity index (χ3v) is 7.33. The van der Waals surface area contributed by atoms with E-state index in [9.17, 15) is 14.4 Å². The Morgan fingerprint density at radius 2 is 1.68 bits per heavy atom. The molecule has 0 bridgehead atoms. The number of hydrogen-bond acceptors (Lipinski definition) is 6. The van der Waals surface area contributed by atoms with Crippen LogP contribution >= 0.6 is 0 Å². The SMILES string of the molecule is CCCCCOc1cccc(C2c3c(oc4ccc(C)cc4c3=O)C(=O)N2c2ccc(C(=O)OCCCC)cc2)c1. The zero-order valence-corrected chi connectivity index (χ0v) is 23.8. The summed E-state index contributed by atoms with van der Waals surface area (Å²) in [5.41, 5.74) is 3.00. The lowest BCUT2D eigenvalue weighted by Crippen LogP contribution is -2.29. The molecule has 0 fully saturated rings. The lowest BCUT2D eigenvalue weighted by atomic mass is 9.97. The molecule has 3 aromatic carbocycles. The predicted octanol–water partition coefficient (Wildman–Crippen LogP) is 7.38. The second-order valence-corrected chi connectivity index (χ2v) is 10.4. The number of nitrogens with zero attached hydrogens (tertiary/aromatic N) is 1. The molecule has 0 saturated heterocycles. The van der Waals surface area contributed by atoms with Gasteiger partial charge in [0.2, 0.25) is 5.76 Å². The first kappa shape index (κ1) is 28.1. The zero-order valence-electron chi connectivity index (χ0n) is 23.8. The molecule has 0 N–H and O–H groups in total. The van der Waals surface area contributed by atoms with Gasteiger partial charge in [-0.05, 0) is 73.9 Å². The summed E-state index contributed by atoms with van der Waals surface area (Å²) < 4.78 is 17.4. The molecule has 7 heteroatoms. The normalized spacial score (nSPS) is 14.4. The van der Waals surface area contributed by atoms with Crippen molar-refractivity contribution in [1.29, 1.82) is 0 Å². The number of carbonyl (C=O) groups is 2. The van der Waals surface area contributed by atoms with Gasteiger partial charge in [-0.25, -0.2) is 4.79 Å². The number of ether oxygens (including phenoxy) is 2. The molecule has 1 aromatic heterocycles. The van der Waals surface area contributed by atoms with Gasteiger partial charge in [0.25, 0.3) is 5.91 Å². The Morgan fingerprint density at radius 3 is 2.44 bits per heavy atom. The minimum absolute atomic E-state index is 0.0219. The van der Waals surface area contributed by atoms with Crippen molar-refractivity contribution in [2.75, 3.05) is 18.1 Å². The van der Waals surface area contributed by atoms with Crippen LogP contribution in [0.3, 0.4) is 0 Å². The summed E-state index contributed by atoms with van der Waals surface area (Å²) in [5, 5.41) is 0.431. The Labute approximate surface area is 239 Å². The quantitative estimate of drug-likeness (QED) is 0.142. The summed E-state index contributed by atoms with van der Waals surface area (Å²) in [4.78, 5) is 41.9. The minimum Gasteiger partial charge on any atom is -0.494 e. The molecule has 1 aliphatic heterocycles. The Hall–Kier alpha value is -4.39. The molecule has 1 unspecified atom stereocenters. The lowest BCUT2D eigenvalue weighted by Gasteiger charge is -2.25. The van der Waals surface area contributed by atoms with Crippen LogP contribution in [0.25, 0.3) is 11.0 Å². The second kappa shape index (κ2) is 12.4. The van der Waals surface area contributed by atoms with Gasteiger partial charge in [0.05, 0.1) is 35.8 Å². The molecule has 2 heterocycles. The van der Waals surface area contributed by atoms with Crippen molar-refractivity contribution < 1.29 is 23.5 Å². The topological polar surface area (TPSA) is 86.0 Å². The minimum atomic E-state index is -0.736. The smallest absolute Gasteiger partial charge is 0.338 e. The van der Waals surface area contributed by atoms with Gasteiger partial charge < -0.3 is 13.9 Å². The summed E-state index contributed by atoms with van der Waals surface area (Å²) in [7, 11) is 0. The van der Waals surface area contributed by atoms with Gasteiger partial charge in [-0.1, -0.05) is 56.9 Å². The van der Waals surface area contributed by atoms with Crippen LogP contribution in [-0.2, 0) is 4.74 Å². The van der Waals surface area contributed by atoms with Crippen molar-refractivity contribution in [3.63, 3.8) is 0 Å². The van der Waals surface area contributed by atoms with E-state index in [-0.39, 0.29) is 11.2 Å². The molecule has 0 spiro atoms. The zero-order chi connectivity index (χ0) is 28.9.